The molecule has 10 nitrogen and oxygen atoms in total. The maximum Gasteiger partial charge on any atom is 0.187 e. The summed E-state index contributed by atoms with van der Waals surface area (Å²) in [6, 6.07) is 0. The monoisotopic (exact) mass is 358 g/mol. The summed E-state index contributed by atoms with van der Waals surface area (Å²) in [6.07, 6.45) is -14.6. The molecule has 7 N–H and O–H groups in total. The van der Waals surface area contributed by atoms with E-state index in [4.69, 9.17) is 14.2 Å². The summed E-state index contributed by atoms with van der Waals surface area (Å²) in [7, 11) is 0. The Morgan fingerprint density at radius 3 is 2.00 bits per heavy atom. The van der Waals surface area contributed by atoms with E-state index in [0.29, 0.717) is 0 Å². The third-order valence-electron chi connectivity index (χ3n) is 3.98. The molecule has 0 aromatic carbocycles. The highest BCUT2D eigenvalue weighted by molar-refractivity contribution is 7.80. The molecule has 2 aliphatic heterocycles. The number of rotatable bonds is 4. The molecule has 11 heteroatoms. The second-order valence-electron chi connectivity index (χ2n) is 5.53. The average molecular weight is 358 g/mol. The van der Waals surface area contributed by atoms with E-state index in [0.717, 1.165) is 0 Å². The summed E-state index contributed by atoms with van der Waals surface area (Å²) in [4.78, 5) is 0. The molecule has 10 atom stereocenters. The zero-order valence-electron chi connectivity index (χ0n) is 12.0. The molecule has 2 rings (SSSR count). The van der Waals surface area contributed by atoms with Crippen molar-refractivity contribution in [1.29, 1.82) is 0 Å². The van der Waals surface area contributed by atoms with Gasteiger partial charge in [0, 0.05) is 5.75 Å². The number of ether oxygens (including phenoxy) is 3. The summed E-state index contributed by atoms with van der Waals surface area (Å²) in [5.74, 6) is 0.0271. The third kappa shape index (κ3) is 3.80. The lowest BCUT2D eigenvalue weighted by Gasteiger charge is -2.45. The molecule has 136 valence electrons. The zero-order chi connectivity index (χ0) is 17.3. The maximum atomic E-state index is 9.98. The highest BCUT2D eigenvalue weighted by Gasteiger charge is 2.49. The molecule has 2 fully saturated rings. The van der Waals surface area contributed by atoms with Crippen LogP contribution in [0.15, 0.2) is 0 Å². The first kappa shape index (κ1) is 19.3. The SMILES string of the molecule is OCC1O[C@@H](O)C(O)[C@@H](O)[C@@H]1O[C@@H]1OC(CS)[C@@H](O)[C@H](O)C1O. The van der Waals surface area contributed by atoms with Gasteiger partial charge in [-0.25, -0.2) is 0 Å². The third-order valence-corrected chi connectivity index (χ3v) is 4.34. The van der Waals surface area contributed by atoms with Crippen LogP contribution in [0.5, 0.6) is 0 Å². The van der Waals surface area contributed by atoms with Crippen molar-refractivity contribution >= 4 is 12.6 Å². The van der Waals surface area contributed by atoms with E-state index in [1.165, 1.54) is 0 Å². The van der Waals surface area contributed by atoms with Gasteiger partial charge < -0.3 is 50.0 Å². The predicted octanol–water partition coefficient (Wildman–Crippen LogP) is -4.46. The van der Waals surface area contributed by atoms with Crippen LogP contribution in [-0.2, 0) is 14.2 Å². The molecule has 2 heterocycles. The summed E-state index contributed by atoms with van der Waals surface area (Å²) >= 11 is 3.96. The van der Waals surface area contributed by atoms with Crippen molar-refractivity contribution in [2.45, 2.75) is 61.4 Å². The fourth-order valence-electron chi connectivity index (χ4n) is 2.57. The minimum absolute atomic E-state index is 0.0271. The van der Waals surface area contributed by atoms with Crippen LogP contribution in [0.4, 0.5) is 0 Å². The molecule has 23 heavy (non-hydrogen) atoms. The Labute approximate surface area is 137 Å². The van der Waals surface area contributed by atoms with Gasteiger partial charge in [-0.2, -0.15) is 12.6 Å². The van der Waals surface area contributed by atoms with Crippen LogP contribution in [-0.4, -0.2) is 110 Å². The topological polar surface area (TPSA) is 169 Å². The number of hydrogen-bond acceptors (Lipinski definition) is 11. The van der Waals surface area contributed by atoms with Crippen molar-refractivity contribution in [3.05, 3.63) is 0 Å². The molecule has 4 unspecified atom stereocenters. The highest BCUT2D eigenvalue weighted by Crippen LogP contribution is 2.28. The van der Waals surface area contributed by atoms with E-state index in [9.17, 15) is 35.7 Å². The summed E-state index contributed by atoms with van der Waals surface area (Å²) < 4.78 is 15.5. The van der Waals surface area contributed by atoms with Crippen molar-refractivity contribution in [2.24, 2.45) is 0 Å². The van der Waals surface area contributed by atoms with Crippen molar-refractivity contribution in [1.82, 2.24) is 0 Å². The van der Waals surface area contributed by atoms with Gasteiger partial charge in [0.05, 0.1) is 12.7 Å². The second kappa shape index (κ2) is 7.89. The van der Waals surface area contributed by atoms with Gasteiger partial charge in [0.2, 0.25) is 0 Å². The van der Waals surface area contributed by atoms with E-state index in [-0.39, 0.29) is 5.75 Å². The van der Waals surface area contributed by atoms with Crippen molar-refractivity contribution in [3.63, 3.8) is 0 Å². The lowest BCUT2D eigenvalue weighted by atomic mass is 9.97. The first-order valence-corrected chi connectivity index (χ1v) is 7.71. The van der Waals surface area contributed by atoms with Crippen LogP contribution >= 0.6 is 12.6 Å². The quantitative estimate of drug-likeness (QED) is 0.229. The Kier molecular flexibility index (Phi) is 6.61. The van der Waals surface area contributed by atoms with Crippen LogP contribution in [0, 0.1) is 0 Å². The fourth-order valence-corrected chi connectivity index (χ4v) is 2.87. The van der Waals surface area contributed by atoms with Gasteiger partial charge in [-0.05, 0) is 0 Å². The molecule has 0 aromatic rings. The van der Waals surface area contributed by atoms with Crippen molar-refractivity contribution < 1.29 is 50.0 Å². The molecule has 0 saturated carbocycles. The molecule has 0 aliphatic carbocycles. The fraction of sp³-hybridized carbons (Fsp3) is 1.00. The molecule has 0 bridgehead atoms. The van der Waals surface area contributed by atoms with E-state index < -0.39 is 68.0 Å². The van der Waals surface area contributed by atoms with Crippen LogP contribution in [0.1, 0.15) is 0 Å². The highest BCUT2D eigenvalue weighted by atomic mass is 32.1. The molecule has 0 radical (unpaired) electrons. The van der Waals surface area contributed by atoms with Gasteiger partial charge in [0.15, 0.2) is 12.6 Å². The Bertz CT molecular complexity index is 383. The van der Waals surface area contributed by atoms with Gasteiger partial charge in [-0.15, -0.1) is 0 Å². The lowest BCUT2D eigenvalue weighted by molar-refractivity contribution is -0.351. The molecule has 0 aromatic heterocycles. The second-order valence-corrected chi connectivity index (χ2v) is 5.89. The van der Waals surface area contributed by atoms with Gasteiger partial charge in [-0.3, -0.25) is 0 Å². The van der Waals surface area contributed by atoms with Crippen LogP contribution in [0.2, 0.25) is 0 Å². The van der Waals surface area contributed by atoms with Gasteiger partial charge >= 0.3 is 0 Å². The van der Waals surface area contributed by atoms with Gasteiger partial charge in [0.1, 0.15) is 42.7 Å². The van der Waals surface area contributed by atoms with Gasteiger partial charge in [0.25, 0.3) is 0 Å². The minimum Gasteiger partial charge on any atom is -0.394 e. The van der Waals surface area contributed by atoms with Crippen molar-refractivity contribution in [2.75, 3.05) is 12.4 Å². The molecule has 2 aliphatic rings. The minimum atomic E-state index is -1.71. The normalized spacial score (nSPS) is 51.7. The first-order chi connectivity index (χ1) is 10.8. The number of thiol groups is 1. The molecular formula is C12H22O10S. The summed E-state index contributed by atoms with van der Waals surface area (Å²) in [5.41, 5.74) is 0. The first-order valence-electron chi connectivity index (χ1n) is 7.08. The predicted molar refractivity (Wildman–Crippen MR) is 75.4 cm³/mol. The van der Waals surface area contributed by atoms with Gasteiger partial charge in [-0.1, -0.05) is 0 Å². The van der Waals surface area contributed by atoms with E-state index in [1.807, 2.05) is 0 Å². The molecule has 0 spiro atoms. The molecule has 0 amide bonds. The Morgan fingerprint density at radius 2 is 1.43 bits per heavy atom. The molecular weight excluding hydrogens is 336 g/mol. The largest absolute Gasteiger partial charge is 0.394 e. The Morgan fingerprint density at radius 1 is 0.783 bits per heavy atom. The average Bonchev–Trinajstić information content (AvgIpc) is 2.55. The standard InChI is InChI=1S/C12H22O10S/c13-1-3-10(7(16)8(17)11(19)20-3)22-12-9(18)6(15)5(14)4(2-23)21-12/h3-19,23H,1-2H2/t3?,4?,5-,6+,7-,8?,9?,10-,11-,12+/m1/s1. The van der Waals surface area contributed by atoms with E-state index in [1.54, 1.807) is 0 Å². The number of hydrogen-bond donors (Lipinski definition) is 8. The number of aliphatic hydroxyl groups excluding tert-OH is 7. The summed E-state index contributed by atoms with van der Waals surface area (Å²) in [5, 5.41) is 67.7. The Hall–Kier alpha value is -0.0500. The van der Waals surface area contributed by atoms with Crippen LogP contribution in [0.25, 0.3) is 0 Å². The maximum absolute atomic E-state index is 9.98. The summed E-state index contributed by atoms with van der Waals surface area (Å²) in [6.45, 7) is -0.643. The zero-order valence-corrected chi connectivity index (χ0v) is 12.9. The Balaban J connectivity index is 2.11. The van der Waals surface area contributed by atoms with Crippen molar-refractivity contribution in [3.8, 4) is 0 Å². The van der Waals surface area contributed by atoms with E-state index in [2.05, 4.69) is 12.6 Å². The lowest BCUT2D eigenvalue weighted by Crippen LogP contribution is -2.64. The van der Waals surface area contributed by atoms with E-state index >= 15 is 0 Å². The van der Waals surface area contributed by atoms with Crippen LogP contribution < -0.4 is 0 Å². The number of aliphatic hydroxyl groups is 7. The van der Waals surface area contributed by atoms with Crippen LogP contribution in [0.3, 0.4) is 0 Å². The smallest absolute Gasteiger partial charge is 0.187 e. The molecule has 2 saturated heterocycles.